The van der Waals surface area contributed by atoms with Crippen molar-refractivity contribution in [1.82, 2.24) is 4.90 Å². The van der Waals surface area contributed by atoms with E-state index in [1.807, 2.05) is 0 Å². The lowest BCUT2D eigenvalue weighted by Gasteiger charge is -2.20. The number of amides is 2. The summed E-state index contributed by atoms with van der Waals surface area (Å²) in [5.41, 5.74) is 0.224. The number of hydrogen-bond donors (Lipinski definition) is 2. The molecule has 7 heteroatoms. The van der Waals surface area contributed by atoms with Gasteiger partial charge in [-0.1, -0.05) is 12.1 Å². The number of hydrogen-bond acceptors (Lipinski definition) is 4. The Balaban J connectivity index is 2.77. The molecule has 0 aromatic heterocycles. The van der Waals surface area contributed by atoms with E-state index < -0.39 is 11.0 Å². The highest BCUT2D eigenvalue weighted by molar-refractivity contribution is 5.89. The number of carbonyl (C=O) groups excluding carboxylic acids is 1. The molecule has 0 saturated heterocycles. The summed E-state index contributed by atoms with van der Waals surface area (Å²) >= 11 is 0. The lowest BCUT2D eigenvalue weighted by Crippen LogP contribution is -2.37. The highest BCUT2D eigenvalue weighted by Crippen LogP contribution is 2.17. The zero-order chi connectivity index (χ0) is 14.3. The Morgan fingerprint density at radius 1 is 1.58 bits per heavy atom. The quantitative estimate of drug-likeness (QED) is 0.464. The SMILES string of the molecule is C=CCN(CCO)C(=O)Nc1cccc([N+](=O)[O-])c1. The summed E-state index contributed by atoms with van der Waals surface area (Å²) in [6, 6.07) is 5.19. The van der Waals surface area contributed by atoms with E-state index in [1.165, 1.54) is 29.2 Å². The van der Waals surface area contributed by atoms with Crippen molar-refractivity contribution in [2.45, 2.75) is 0 Å². The maximum atomic E-state index is 11.9. The van der Waals surface area contributed by atoms with Crippen molar-refractivity contribution in [1.29, 1.82) is 0 Å². The molecule has 0 fully saturated rings. The van der Waals surface area contributed by atoms with Gasteiger partial charge in [0.05, 0.1) is 11.5 Å². The number of urea groups is 1. The van der Waals surface area contributed by atoms with Gasteiger partial charge in [0.15, 0.2) is 0 Å². The van der Waals surface area contributed by atoms with Gasteiger partial charge >= 0.3 is 6.03 Å². The van der Waals surface area contributed by atoms with Crippen LogP contribution >= 0.6 is 0 Å². The van der Waals surface area contributed by atoms with Crippen molar-refractivity contribution in [3.63, 3.8) is 0 Å². The summed E-state index contributed by atoms with van der Waals surface area (Å²) in [5.74, 6) is 0. The standard InChI is InChI=1S/C12H15N3O4/c1-2-6-14(7-8-16)12(17)13-10-4-3-5-11(9-10)15(18)19/h2-5,9,16H,1,6-8H2,(H,13,17). The largest absolute Gasteiger partial charge is 0.395 e. The van der Waals surface area contributed by atoms with Gasteiger partial charge in [-0.3, -0.25) is 10.1 Å². The number of non-ortho nitro benzene ring substituents is 1. The average molecular weight is 265 g/mol. The average Bonchev–Trinajstić information content (AvgIpc) is 2.38. The number of nitrogens with zero attached hydrogens (tertiary/aromatic N) is 2. The van der Waals surface area contributed by atoms with Crippen molar-refractivity contribution in [2.24, 2.45) is 0 Å². The van der Waals surface area contributed by atoms with Gasteiger partial charge in [-0.05, 0) is 6.07 Å². The lowest BCUT2D eigenvalue weighted by molar-refractivity contribution is -0.384. The van der Waals surface area contributed by atoms with E-state index in [0.29, 0.717) is 5.69 Å². The number of nitro benzene ring substituents is 1. The predicted molar refractivity (Wildman–Crippen MR) is 71.0 cm³/mol. The summed E-state index contributed by atoms with van der Waals surface area (Å²) in [7, 11) is 0. The van der Waals surface area contributed by atoms with Crippen molar-refractivity contribution in [3.8, 4) is 0 Å². The Bertz CT molecular complexity index is 476. The third-order valence-electron chi connectivity index (χ3n) is 2.31. The fourth-order valence-electron chi connectivity index (χ4n) is 1.45. The molecule has 0 bridgehead atoms. The minimum atomic E-state index is -0.537. The molecule has 0 aliphatic rings. The van der Waals surface area contributed by atoms with Crippen LogP contribution in [0.3, 0.4) is 0 Å². The number of nitrogens with one attached hydrogen (secondary N) is 1. The fourth-order valence-corrected chi connectivity index (χ4v) is 1.45. The van der Waals surface area contributed by atoms with E-state index in [-0.39, 0.29) is 25.4 Å². The van der Waals surface area contributed by atoms with Crippen LogP contribution in [-0.2, 0) is 0 Å². The molecule has 0 aliphatic carbocycles. The normalized spacial score (nSPS) is 9.74. The molecular weight excluding hydrogens is 250 g/mol. The molecule has 1 rings (SSSR count). The molecule has 0 atom stereocenters. The van der Waals surface area contributed by atoms with Gasteiger partial charge < -0.3 is 15.3 Å². The summed E-state index contributed by atoms with van der Waals surface area (Å²) in [4.78, 5) is 23.3. The van der Waals surface area contributed by atoms with Crippen LogP contribution in [-0.4, -0.2) is 40.7 Å². The number of aliphatic hydroxyl groups excluding tert-OH is 1. The first kappa shape index (κ1) is 14.7. The smallest absolute Gasteiger partial charge is 0.322 e. The van der Waals surface area contributed by atoms with Crippen molar-refractivity contribution >= 4 is 17.4 Å². The van der Waals surface area contributed by atoms with E-state index >= 15 is 0 Å². The molecule has 7 nitrogen and oxygen atoms in total. The van der Waals surface area contributed by atoms with E-state index in [9.17, 15) is 14.9 Å². The Labute approximate surface area is 110 Å². The molecule has 1 aromatic carbocycles. The van der Waals surface area contributed by atoms with Crippen LogP contribution in [0.4, 0.5) is 16.2 Å². The zero-order valence-corrected chi connectivity index (χ0v) is 10.3. The second-order valence-electron chi connectivity index (χ2n) is 3.70. The first-order valence-corrected chi connectivity index (χ1v) is 5.60. The Kier molecular flexibility index (Phi) is 5.49. The topological polar surface area (TPSA) is 95.7 Å². The van der Waals surface area contributed by atoms with Gasteiger partial charge in [0.2, 0.25) is 0 Å². The van der Waals surface area contributed by atoms with Crippen LogP contribution in [0.25, 0.3) is 0 Å². The van der Waals surface area contributed by atoms with Crippen LogP contribution in [0.1, 0.15) is 0 Å². The summed E-state index contributed by atoms with van der Waals surface area (Å²) in [6.07, 6.45) is 1.53. The molecule has 102 valence electrons. The number of anilines is 1. The Morgan fingerprint density at radius 2 is 2.32 bits per heavy atom. The molecule has 2 amide bonds. The second kappa shape index (κ2) is 7.12. The van der Waals surface area contributed by atoms with E-state index in [2.05, 4.69) is 11.9 Å². The number of carbonyl (C=O) groups is 1. The van der Waals surface area contributed by atoms with Crippen molar-refractivity contribution < 1.29 is 14.8 Å². The van der Waals surface area contributed by atoms with Crippen LogP contribution in [0, 0.1) is 10.1 Å². The number of aliphatic hydroxyl groups is 1. The molecule has 19 heavy (non-hydrogen) atoms. The highest BCUT2D eigenvalue weighted by atomic mass is 16.6. The van der Waals surface area contributed by atoms with Gasteiger partial charge in [-0.2, -0.15) is 0 Å². The van der Waals surface area contributed by atoms with Crippen molar-refractivity contribution in [3.05, 3.63) is 47.0 Å². The molecule has 0 radical (unpaired) electrons. The zero-order valence-electron chi connectivity index (χ0n) is 10.3. The molecular formula is C12H15N3O4. The fraction of sp³-hybridized carbons (Fsp3) is 0.250. The minimum Gasteiger partial charge on any atom is -0.395 e. The highest BCUT2D eigenvalue weighted by Gasteiger charge is 2.13. The predicted octanol–water partition coefficient (Wildman–Crippen LogP) is 1.61. The molecule has 0 saturated carbocycles. The molecule has 0 heterocycles. The van der Waals surface area contributed by atoms with Crippen LogP contribution in [0.15, 0.2) is 36.9 Å². The van der Waals surface area contributed by atoms with Crippen LogP contribution in [0.5, 0.6) is 0 Å². The maximum Gasteiger partial charge on any atom is 0.322 e. The Hall–Kier alpha value is -2.41. The molecule has 1 aromatic rings. The van der Waals surface area contributed by atoms with E-state index in [1.54, 1.807) is 6.07 Å². The van der Waals surface area contributed by atoms with Crippen molar-refractivity contribution in [2.75, 3.05) is 25.0 Å². The van der Waals surface area contributed by atoms with Gasteiger partial charge in [0.1, 0.15) is 0 Å². The number of nitro groups is 1. The first-order valence-electron chi connectivity index (χ1n) is 5.60. The third-order valence-corrected chi connectivity index (χ3v) is 2.31. The summed E-state index contributed by atoms with van der Waals surface area (Å²) < 4.78 is 0. The number of benzene rings is 1. The Morgan fingerprint density at radius 3 is 2.89 bits per heavy atom. The second-order valence-corrected chi connectivity index (χ2v) is 3.70. The van der Waals surface area contributed by atoms with Gasteiger partial charge in [-0.15, -0.1) is 6.58 Å². The minimum absolute atomic E-state index is 0.102. The first-order chi connectivity index (χ1) is 9.08. The van der Waals surface area contributed by atoms with E-state index in [4.69, 9.17) is 5.11 Å². The molecule has 0 spiro atoms. The lowest BCUT2D eigenvalue weighted by atomic mass is 10.3. The van der Waals surface area contributed by atoms with Gasteiger partial charge in [0.25, 0.3) is 5.69 Å². The van der Waals surface area contributed by atoms with Crippen LogP contribution in [0.2, 0.25) is 0 Å². The summed E-state index contributed by atoms with van der Waals surface area (Å²) in [5, 5.41) is 22.0. The third kappa shape index (κ3) is 4.40. The van der Waals surface area contributed by atoms with Gasteiger partial charge in [0, 0.05) is 30.9 Å². The van der Waals surface area contributed by atoms with Gasteiger partial charge in [-0.25, -0.2) is 4.79 Å². The van der Waals surface area contributed by atoms with Crippen LogP contribution < -0.4 is 5.32 Å². The molecule has 0 aliphatic heterocycles. The maximum absolute atomic E-state index is 11.9. The molecule has 0 unspecified atom stereocenters. The summed E-state index contributed by atoms with van der Waals surface area (Å²) in [6.45, 7) is 3.79. The monoisotopic (exact) mass is 265 g/mol. The molecule has 2 N–H and O–H groups in total. The van der Waals surface area contributed by atoms with E-state index in [0.717, 1.165) is 0 Å². The number of rotatable bonds is 6.